The third-order valence-corrected chi connectivity index (χ3v) is 14.3. The average molecular weight is 1020 g/mol. The number of rotatable bonds is 59. The lowest BCUT2D eigenvalue weighted by atomic mass is 10.0. The van der Waals surface area contributed by atoms with E-state index in [1.54, 1.807) is 0 Å². The smallest absolute Gasteiger partial charge is 0.306 e. The second-order valence-electron chi connectivity index (χ2n) is 21.7. The van der Waals surface area contributed by atoms with Gasteiger partial charge in [-0.3, -0.25) is 14.4 Å². The third kappa shape index (κ3) is 60.1. The maximum absolute atomic E-state index is 12.9. The first kappa shape index (κ1) is 70.4. The zero-order chi connectivity index (χ0) is 52.9. The number of carbonyl (C=O) groups excluding carboxylic acids is 3. The number of allylic oxidation sites excluding steroid dienone is 8. The maximum Gasteiger partial charge on any atom is 0.306 e. The summed E-state index contributed by atoms with van der Waals surface area (Å²) in [5.74, 6) is -0.878. The molecule has 0 spiro atoms. The van der Waals surface area contributed by atoms with Crippen LogP contribution in [0.15, 0.2) is 48.6 Å². The van der Waals surface area contributed by atoms with Crippen LogP contribution in [0.4, 0.5) is 0 Å². The lowest BCUT2D eigenvalue weighted by Crippen LogP contribution is -2.30. The average Bonchev–Trinajstić information content (AvgIpc) is 3.39. The Balaban J connectivity index is 4.32. The molecule has 426 valence electrons. The number of hydrogen-bond acceptors (Lipinski definition) is 6. The van der Waals surface area contributed by atoms with Crippen LogP contribution in [0.2, 0.25) is 0 Å². The van der Waals surface area contributed by atoms with Crippen LogP contribution in [-0.2, 0) is 28.6 Å². The van der Waals surface area contributed by atoms with E-state index in [4.69, 9.17) is 14.2 Å². The molecule has 1 unspecified atom stereocenters. The molecular weight excluding hydrogens is 901 g/mol. The molecule has 0 aliphatic carbocycles. The fourth-order valence-electron chi connectivity index (χ4n) is 9.41. The Morgan fingerprint density at radius 2 is 0.493 bits per heavy atom. The predicted octanol–water partition coefficient (Wildman–Crippen LogP) is 21.8. The van der Waals surface area contributed by atoms with Crippen LogP contribution in [-0.4, -0.2) is 37.2 Å². The molecule has 0 saturated carbocycles. The minimum Gasteiger partial charge on any atom is -0.462 e. The summed E-state index contributed by atoms with van der Waals surface area (Å²) in [7, 11) is 0. The zero-order valence-electron chi connectivity index (χ0n) is 48.9. The third-order valence-electron chi connectivity index (χ3n) is 14.3. The Hall–Kier alpha value is -2.63. The van der Waals surface area contributed by atoms with E-state index in [1.807, 2.05) is 0 Å². The lowest BCUT2D eigenvalue weighted by Gasteiger charge is -2.18. The van der Waals surface area contributed by atoms with Crippen molar-refractivity contribution in [3.8, 4) is 0 Å². The van der Waals surface area contributed by atoms with Gasteiger partial charge in [0.2, 0.25) is 0 Å². The van der Waals surface area contributed by atoms with Gasteiger partial charge in [-0.15, -0.1) is 0 Å². The fraction of sp³-hybridized carbons (Fsp3) is 0.836. The minimum absolute atomic E-state index is 0.0775. The normalized spacial score (nSPS) is 12.3. The Morgan fingerprint density at radius 1 is 0.274 bits per heavy atom. The van der Waals surface area contributed by atoms with Gasteiger partial charge in [0.25, 0.3) is 0 Å². The van der Waals surface area contributed by atoms with E-state index in [-0.39, 0.29) is 31.1 Å². The van der Waals surface area contributed by atoms with Gasteiger partial charge in [0, 0.05) is 19.3 Å². The van der Waals surface area contributed by atoms with Crippen molar-refractivity contribution >= 4 is 17.9 Å². The summed E-state index contributed by atoms with van der Waals surface area (Å²) in [5.41, 5.74) is 0. The van der Waals surface area contributed by atoms with Gasteiger partial charge in [0.05, 0.1) is 0 Å². The summed E-state index contributed by atoms with van der Waals surface area (Å²) >= 11 is 0. The summed E-state index contributed by atoms with van der Waals surface area (Å²) in [6.45, 7) is 6.64. The summed E-state index contributed by atoms with van der Waals surface area (Å²) in [4.78, 5) is 38.3. The Bertz CT molecular complexity index is 1270. The van der Waals surface area contributed by atoms with Gasteiger partial charge in [0.1, 0.15) is 13.2 Å². The molecule has 0 amide bonds. The summed E-state index contributed by atoms with van der Waals surface area (Å²) in [6.07, 6.45) is 76.8. The maximum atomic E-state index is 12.9. The molecule has 0 fully saturated rings. The van der Waals surface area contributed by atoms with Crippen molar-refractivity contribution in [3.63, 3.8) is 0 Å². The van der Waals surface area contributed by atoms with E-state index in [0.29, 0.717) is 19.3 Å². The van der Waals surface area contributed by atoms with E-state index in [1.165, 1.54) is 225 Å². The highest BCUT2D eigenvalue weighted by Gasteiger charge is 2.19. The van der Waals surface area contributed by atoms with Crippen LogP contribution in [0.3, 0.4) is 0 Å². The van der Waals surface area contributed by atoms with Crippen LogP contribution >= 0.6 is 0 Å². The number of hydrogen-bond donors (Lipinski definition) is 0. The van der Waals surface area contributed by atoms with Crippen molar-refractivity contribution < 1.29 is 28.6 Å². The van der Waals surface area contributed by atoms with Gasteiger partial charge in [-0.1, -0.05) is 268 Å². The molecule has 6 heteroatoms. The van der Waals surface area contributed by atoms with E-state index in [2.05, 4.69) is 69.4 Å². The Labute approximate surface area is 454 Å². The SMILES string of the molecule is CCCCC/C=C\C/C=C\CCCCCCCC(=O)OCC(COC(=O)CCCCCCCCCCCCC/C=C\CCCCCCCCCC)OC(=O)CCCCCCCCC/C=C\CCCCCCCC. The van der Waals surface area contributed by atoms with Crippen LogP contribution in [0, 0.1) is 0 Å². The largest absolute Gasteiger partial charge is 0.462 e. The van der Waals surface area contributed by atoms with Crippen molar-refractivity contribution in [1.29, 1.82) is 0 Å². The standard InChI is InChI=1S/C67H122O6/c1-4-7-10-13-16-19-22-25-28-30-31-32-33-34-35-37-39-42-45-48-51-54-57-60-66(69)72-63-64(62-71-65(68)59-56-53-50-47-44-41-38-27-24-21-18-15-12-9-6-3)73-67(70)61-58-55-52-49-46-43-40-36-29-26-23-20-17-14-11-8-5-2/h18,21,26-27,29-31,38,64H,4-17,19-20,22-25,28,32-37,39-63H2,1-3H3/b21-18-,29-26-,31-30-,38-27-. The highest BCUT2D eigenvalue weighted by atomic mass is 16.6. The molecule has 6 nitrogen and oxygen atoms in total. The van der Waals surface area contributed by atoms with Gasteiger partial charge in [-0.05, 0) is 103 Å². The quantitative estimate of drug-likeness (QED) is 0.0261. The molecule has 0 aliphatic rings. The Kier molecular flexibility index (Phi) is 59.7. The molecule has 0 bridgehead atoms. The molecule has 0 rings (SSSR count). The fourth-order valence-corrected chi connectivity index (χ4v) is 9.41. The monoisotopic (exact) mass is 1020 g/mol. The van der Waals surface area contributed by atoms with Crippen molar-refractivity contribution in [2.75, 3.05) is 13.2 Å². The van der Waals surface area contributed by atoms with Crippen LogP contribution in [0.1, 0.15) is 342 Å². The van der Waals surface area contributed by atoms with Gasteiger partial charge in [-0.2, -0.15) is 0 Å². The summed E-state index contributed by atoms with van der Waals surface area (Å²) in [5, 5.41) is 0. The molecule has 0 aliphatic heterocycles. The first-order chi connectivity index (χ1) is 36.0. The molecule has 0 N–H and O–H groups in total. The molecule has 1 atom stereocenters. The number of carbonyl (C=O) groups is 3. The first-order valence-electron chi connectivity index (χ1n) is 32.1. The molecule has 0 aromatic carbocycles. The summed E-state index contributed by atoms with van der Waals surface area (Å²) in [6, 6.07) is 0. The molecule has 0 aromatic heterocycles. The molecule has 0 heterocycles. The highest BCUT2D eigenvalue weighted by Crippen LogP contribution is 2.17. The van der Waals surface area contributed by atoms with Crippen molar-refractivity contribution in [3.05, 3.63) is 48.6 Å². The van der Waals surface area contributed by atoms with Crippen LogP contribution in [0.5, 0.6) is 0 Å². The van der Waals surface area contributed by atoms with Crippen LogP contribution in [0.25, 0.3) is 0 Å². The van der Waals surface area contributed by atoms with Crippen molar-refractivity contribution in [2.45, 2.75) is 348 Å². The molecule has 0 aromatic rings. The second-order valence-corrected chi connectivity index (χ2v) is 21.7. The van der Waals surface area contributed by atoms with Crippen molar-refractivity contribution in [1.82, 2.24) is 0 Å². The van der Waals surface area contributed by atoms with Gasteiger partial charge >= 0.3 is 17.9 Å². The summed E-state index contributed by atoms with van der Waals surface area (Å²) < 4.78 is 16.9. The number of esters is 3. The molecule has 73 heavy (non-hydrogen) atoms. The van der Waals surface area contributed by atoms with Gasteiger partial charge < -0.3 is 14.2 Å². The predicted molar refractivity (Wildman–Crippen MR) is 316 cm³/mol. The highest BCUT2D eigenvalue weighted by molar-refractivity contribution is 5.71. The van der Waals surface area contributed by atoms with E-state index in [0.717, 1.165) is 77.0 Å². The van der Waals surface area contributed by atoms with E-state index in [9.17, 15) is 14.4 Å². The molecule has 0 radical (unpaired) electrons. The topological polar surface area (TPSA) is 78.9 Å². The van der Waals surface area contributed by atoms with Crippen LogP contribution < -0.4 is 0 Å². The molecular formula is C67H122O6. The first-order valence-corrected chi connectivity index (χ1v) is 32.1. The number of ether oxygens (including phenoxy) is 3. The minimum atomic E-state index is -0.781. The van der Waals surface area contributed by atoms with Gasteiger partial charge in [-0.25, -0.2) is 0 Å². The zero-order valence-corrected chi connectivity index (χ0v) is 48.9. The van der Waals surface area contributed by atoms with Crippen molar-refractivity contribution in [2.24, 2.45) is 0 Å². The molecule has 0 saturated heterocycles. The lowest BCUT2D eigenvalue weighted by molar-refractivity contribution is -0.167. The second kappa shape index (κ2) is 61.9. The van der Waals surface area contributed by atoms with E-state index < -0.39 is 6.10 Å². The number of unbranched alkanes of at least 4 members (excludes halogenated alkanes) is 40. The Morgan fingerprint density at radius 3 is 0.795 bits per heavy atom. The van der Waals surface area contributed by atoms with Gasteiger partial charge in [0.15, 0.2) is 6.10 Å². The van der Waals surface area contributed by atoms with E-state index >= 15 is 0 Å².